The number of halogens is 1. The summed E-state index contributed by atoms with van der Waals surface area (Å²) in [5, 5.41) is 25.2. The molecule has 1 N–H and O–H groups in total. The number of methoxy groups -OCH3 is 1. The molecule has 1 aromatic heterocycles. The first-order valence-corrected chi connectivity index (χ1v) is 4.38. The molecule has 0 atom stereocenters. The van der Waals surface area contributed by atoms with E-state index in [1.165, 1.54) is 19.2 Å². The van der Waals surface area contributed by atoms with Gasteiger partial charge in [-0.1, -0.05) is 17.4 Å². The van der Waals surface area contributed by atoms with Gasteiger partial charge >= 0.3 is 0 Å². The van der Waals surface area contributed by atoms with Gasteiger partial charge in [0.15, 0.2) is 0 Å². The van der Waals surface area contributed by atoms with E-state index in [-0.39, 0.29) is 22.9 Å². The number of aromatic nitrogens is 4. The van der Waals surface area contributed by atoms with Crippen LogP contribution in [0, 0.1) is 0 Å². The van der Waals surface area contributed by atoms with E-state index in [9.17, 15) is 5.11 Å². The molecule has 1 heterocycles. The van der Waals surface area contributed by atoms with E-state index in [1.807, 2.05) is 0 Å². The van der Waals surface area contributed by atoms with Crippen LogP contribution in [0.5, 0.6) is 11.5 Å². The van der Waals surface area contributed by atoms with Crippen molar-refractivity contribution in [1.82, 2.24) is 20.6 Å². The Labute approximate surface area is 89.8 Å². The van der Waals surface area contributed by atoms with Gasteiger partial charge in [-0.2, -0.15) is 5.21 Å². The van der Waals surface area contributed by atoms with Crippen LogP contribution in [0.1, 0.15) is 0 Å². The number of H-pyrrole nitrogens is 1. The molecule has 0 aliphatic carbocycles. The van der Waals surface area contributed by atoms with E-state index in [1.54, 1.807) is 0 Å². The van der Waals surface area contributed by atoms with Crippen LogP contribution in [-0.4, -0.2) is 27.7 Å². The lowest BCUT2D eigenvalue weighted by Gasteiger charge is -2.15. The zero-order valence-corrected chi connectivity index (χ0v) is 8.45. The quantitative estimate of drug-likeness (QED) is 0.809. The van der Waals surface area contributed by atoms with Crippen molar-refractivity contribution in [3.8, 4) is 22.9 Å². The first kappa shape index (κ1) is 9.72. The molecule has 0 spiro atoms. The molecule has 0 saturated carbocycles. The van der Waals surface area contributed by atoms with Crippen LogP contribution >= 0.6 is 11.6 Å². The molecule has 1 aromatic carbocycles. The molecule has 0 saturated heterocycles. The number of hydrogen-bond acceptors (Lipinski definition) is 5. The molecule has 78 valence electrons. The summed E-state index contributed by atoms with van der Waals surface area (Å²) in [6.45, 7) is 0. The van der Waals surface area contributed by atoms with Gasteiger partial charge in [0.1, 0.15) is 5.75 Å². The molecule has 0 amide bonds. The van der Waals surface area contributed by atoms with Gasteiger partial charge in [-0.25, -0.2) is 0 Å². The lowest BCUT2D eigenvalue weighted by atomic mass is 10.2. The Balaban J connectivity index is 2.61. The molecule has 0 unspecified atom stereocenters. The molecule has 0 bridgehead atoms. The monoisotopic (exact) mass is 225 g/mol. The maximum Gasteiger partial charge on any atom is 0.204 e. The number of rotatable bonds is 2. The van der Waals surface area contributed by atoms with Crippen LogP contribution in [0.25, 0.3) is 11.4 Å². The predicted molar refractivity (Wildman–Crippen MR) is 50.6 cm³/mol. The highest BCUT2D eigenvalue weighted by atomic mass is 35.5. The van der Waals surface area contributed by atoms with Gasteiger partial charge in [0.25, 0.3) is 0 Å². The molecule has 2 rings (SSSR count). The van der Waals surface area contributed by atoms with Crippen molar-refractivity contribution in [2.45, 2.75) is 0 Å². The van der Waals surface area contributed by atoms with E-state index in [0.717, 1.165) is 0 Å². The number of nitrogens with one attached hydrogen (secondary N) is 1. The Hall–Kier alpha value is -1.82. The Morgan fingerprint density at radius 1 is 1.47 bits per heavy atom. The Bertz CT molecular complexity index is 472. The van der Waals surface area contributed by atoms with Crippen molar-refractivity contribution >= 4 is 11.6 Å². The maximum atomic E-state index is 11.7. The Morgan fingerprint density at radius 3 is 2.87 bits per heavy atom. The zero-order valence-electron chi connectivity index (χ0n) is 7.69. The highest BCUT2D eigenvalue weighted by Gasteiger charge is 2.08. The van der Waals surface area contributed by atoms with E-state index in [4.69, 9.17) is 16.3 Å². The summed E-state index contributed by atoms with van der Waals surface area (Å²) >= 11 is 5.81. The van der Waals surface area contributed by atoms with Crippen molar-refractivity contribution in [3.63, 3.8) is 0 Å². The summed E-state index contributed by atoms with van der Waals surface area (Å²) in [4.78, 5) is 0. The number of tetrazole rings is 1. The zero-order chi connectivity index (χ0) is 10.8. The van der Waals surface area contributed by atoms with Crippen LogP contribution in [0.4, 0.5) is 0 Å². The average molecular weight is 226 g/mol. The topological polar surface area (TPSA) is 86.8 Å². The molecular weight excluding hydrogens is 220 g/mol. The predicted octanol–water partition coefficient (Wildman–Crippen LogP) is 0.602. The molecular formula is C8H6ClN4O2-. The molecule has 2 aromatic rings. The van der Waals surface area contributed by atoms with Gasteiger partial charge in [0.05, 0.1) is 7.11 Å². The minimum Gasteiger partial charge on any atom is -0.869 e. The second-order valence-electron chi connectivity index (χ2n) is 2.72. The fraction of sp³-hybridized carbons (Fsp3) is 0.125. The molecule has 0 radical (unpaired) electrons. The third-order valence-corrected chi connectivity index (χ3v) is 2.04. The van der Waals surface area contributed by atoms with Crippen molar-refractivity contribution in [3.05, 3.63) is 17.2 Å². The molecule has 0 aliphatic rings. The summed E-state index contributed by atoms with van der Waals surface area (Å²) < 4.78 is 4.88. The standard InChI is InChI=1S/C8H7ClN4O2/c1-15-6-3-4(9)2-5(7(6)14)8-10-12-13-11-8/h2-3,14H,1H3,(H,10,11,12,13)/p-1. The molecule has 15 heavy (non-hydrogen) atoms. The smallest absolute Gasteiger partial charge is 0.204 e. The normalized spacial score (nSPS) is 10.3. The lowest BCUT2D eigenvalue weighted by Crippen LogP contribution is -1.99. The summed E-state index contributed by atoms with van der Waals surface area (Å²) in [7, 11) is 1.40. The molecule has 0 aliphatic heterocycles. The van der Waals surface area contributed by atoms with Gasteiger partial charge in [0.2, 0.25) is 5.82 Å². The fourth-order valence-electron chi connectivity index (χ4n) is 1.16. The van der Waals surface area contributed by atoms with Crippen LogP contribution in [-0.2, 0) is 0 Å². The first-order chi connectivity index (χ1) is 7.22. The van der Waals surface area contributed by atoms with Crippen LogP contribution in [0.3, 0.4) is 0 Å². The lowest BCUT2D eigenvalue weighted by molar-refractivity contribution is -0.269. The molecule has 6 nitrogen and oxygen atoms in total. The van der Waals surface area contributed by atoms with Gasteiger partial charge < -0.3 is 9.84 Å². The van der Waals surface area contributed by atoms with Gasteiger partial charge in [-0.3, -0.25) is 0 Å². The Morgan fingerprint density at radius 2 is 2.27 bits per heavy atom. The summed E-state index contributed by atoms with van der Waals surface area (Å²) in [6, 6.07) is 2.91. The number of benzene rings is 1. The van der Waals surface area contributed by atoms with Gasteiger partial charge in [-0.15, -0.1) is 10.2 Å². The fourth-order valence-corrected chi connectivity index (χ4v) is 1.37. The third kappa shape index (κ3) is 1.71. The van der Waals surface area contributed by atoms with Crippen LogP contribution in [0.15, 0.2) is 12.1 Å². The second-order valence-corrected chi connectivity index (χ2v) is 3.16. The third-order valence-electron chi connectivity index (χ3n) is 1.83. The van der Waals surface area contributed by atoms with E-state index in [0.29, 0.717) is 5.02 Å². The minimum absolute atomic E-state index is 0.155. The number of aromatic amines is 1. The number of ether oxygens (including phenoxy) is 1. The van der Waals surface area contributed by atoms with Crippen molar-refractivity contribution in [2.75, 3.05) is 7.11 Å². The van der Waals surface area contributed by atoms with E-state index < -0.39 is 0 Å². The second kappa shape index (κ2) is 3.74. The molecule has 0 fully saturated rings. The average Bonchev–Trinajstić information content (AvgIpc) is 2.74. The van der Waals surface area contributed by atoms with Crippen LogP contribution < -0.4 is 9.84 Å². The largest absolute Gasteiger partial charge is 0.869 e. The van der Waals surface area contributed by atoms with Gasteiger partial charge in [-0.05, 0) is 17.3 Å². The minimum atomic E-state index is -0.316. The highest BCUT2D eigenvalue weighted by molar-refractivity contribution is 6.31. The van der Waals surface area contributed by atoms with Crippen molar-refractivity contribution in [1.29, 1.82) is 0 Å². The van der Waals surface area contributed by atoms with Crippen LogP contribution in [0.2, 0.25) is 5.02 Å². The summed E-state index contributed by atoms with van der Waals surface area (Å²) in [6.07, 6.45) is 0. The van der Waals surface area contributed by atoms with Crippen molar-refractivity contribution in [2.24, 2.45) is 0 Å². The van der Waals surface area contributed by atoms with Crippen molar-refractivity contribution < 1.29 is 9.84 Å². The Kier molecular flexibility index (Phi) is 2.42. The summed E-state index contributed by atoms with van der Waals surface area (Å²) in [5.41, 5.74) is 0.258. The van der Waals surface area contributed by atoms with E-state index >= 15 is 0 Å². The maximum absolute atomic E-state index is 11.7. The first-order valence-electron chi connectivity index (χ1n) is 4.00. The summed E-state index contributed by atoms with van der Waals surface area (Å²) in [5.74, 6) is 0.0337. The van der Waals surface area contributed by atoms with Gasteiger partial charge in [0, 0.05) is 10.6 Å². The molecule has 7 heteroatoms. The highest BCUT2D eigenvalue weighted by Crippen LogP contribution is 2.35. The number of hydrogen-bond donors (Lipinski definition) is 1. The van der Waals surface area contributed by atoms with E-state index in [2.05, 4.69) is 20.6 Å². The SMILES string of the molecule is COc1cc(Cl)cc(-c2nn[nH]n2)c1[O-]. The number of nitrogens with zero attached hydrogens (tertiary/aromatic N) is 3.